The van der Waals surface area contributed by atoms with Crippen LogP contribution >= 0.6 is 0 Å². The number of hydrogen-bond donors (Lipinski definition) is 1. The molecule has 0 aliphatic rings. The molecule has 0 saturated carbocycles. The zero-order chi connectivity index (χ0) is 13.3. The molecule has 2 aromatic heterocycles. The van der Waals surface area contributed by atoms with E-state index in [0.717, 1.165) is 0 Å². The van der Waals surface area contributed by atoms with Gasteiger partial charge in [0.15, 0.2) is 0 Å². The van der Waals surface area contributed by atoms with E-state index in [1.54, 1.807) is 25.0 Å². The molecule has 7 heteroatoms. The minimum atomic E-state index is -0.194. The molecule has 1 unspecified atom stereocenters. The van der Waals surface area contributed by atoms with Crippen LogP contribution in [0.25, 0.3) is 11.5 Å². The summed E-state index contributed by atoms with van der Waals surface area (Å²) >= 11 is 0. The van der Waals surface area contributed by atoms with Crippen molar-refractivity contribution in [2.24, 2.45) is 13.0 Å². The van der Waals surface area contributed by atoms with E-state index in [4.69, 9.17) is 15.0 Å². The first kappa shape index (κ1) is 12.6. The molecule has 2 aromatic rings. The number of anilines is 1. The van der Waals surface area contributed by atoms with Gasteiger partial charge in [0.1, 0.15) is 17.5 Å². The number of aromatic nitrogens is 4. The molecule has 0 aromatic carbocycles. The molecule has 7 nitrogen and oxygen atoms in total. The van der Waals surface area contributed by atoms with Gasteiger partial charge in [-0.3, -0.25) is 4.68 Å². The van der Waals surface area contributed by atoms with Gasteiger partial charge in [0.25, 0.3) is 5.89 Å². The maximum atomic E-state index is 5.85. The molecular weight excluding hydrogens is 234 g/mol. The van der Waals surface area contributed by atoms with E-state index in [0.29, 0.717) is 23.1 Å². The lowest BCUT2D eigenvalue weighted by Crippen LogP contribution is -2.10. The van der Waals surface area contributed by atoms with Gasteiger partial charge in [-0.25, -0.2) is 0 Å². The molecule has 0 bridgehead atoms. The predicted octanol–water partition coefficient (Wildman–Crippen LogP) is 1.40. The lowest BCUT2D eigenvalue weighted by Gasteiger charge is -2.14. The fourth-order valence-corrected chi connectivity index (χ4v) is 1.75. The SMILES string of the molecule is COC(c1noc(-c2cnn(C)c2N)n1)C(C)C. The Balaban J connectivity index is 2.33. The van der Waals surface area contributed by atoms with Crippen LogP contribution < -0.4 is 5.73 Å². The van der Waals surface area contributed by atoms with Gasteiger partial charge < -0.3 is 15.0 Å². The highest BCUT2D eigenvalue weighted by atomic mass is 16.5. The topological polar surface area (TPSA) is 92.0 Å². The van der Waals surface area contributed by atoms with Crippen molar-refractivity contribution in [2.45, 2.75) is 20.0 Å². The summed E-state index contributed by atoms with van der Waals surface area (Å²) in [4.78, 5) is 4.31. The van der Waals surface area contributed by atoms with E-state index in [2.05, 4.69) is 15.2 Å². The largest absolute Gasteiger partial charge is 0.383 e. The fourth-order valence-electron chi connectivity index (χ4n) is 1.75. The molecular formula is C11H17N5O2. The van der Waals surface area contributed by atoms with Gasteiger partial charge in [-0.15, -0.1) is 0 Å². The zero-order valence-electron chi connectivity index (χ0n) is 10.9. The number of methoxy groups -OCH3 is 1. The maximum Gasteiger partial charge on any atom is 0.263 e. The van der Waals surface area contributed by atoms with Crippen LogP contribution in [0.5, 0.6) is 0 Å². The average molecular weight is 251 g/mol. The number of ether oxygens (including phenoxy) is 1. The Hall–Kier alpha value is -1.89. The molecule has 98 valence electrons. The highest BCUT2D eigenvalue weighted by Gasteiger charge is 2.23. The van der Waals surface area contributed by atoms with Crippen LogP contribution in [0.4, 0.5) is 5.82 Å². The number of nitrogens with two attached hydrogens (primary N) is 1. The minimum Gasteiger partial charge on any atom is -0.383 e. The summed E-state index contributed by atoms with van der Waals surface area (Å²) in [5.74, 6) is 1.62. The average Bonchev–Trinajstić information content (AvgIpc) is 2.89. The van der Waals surface area contributed by atoms with Gasteiger partial charge in [0.2, 0.25) is 5.82 Å². The molecule has 0 aliphatic heterocycles. The van der Waals surface area contributed by atoms with Crippen molar-refractivity contribution in [1.82, 2.24) is 19.9 Å². The van der Waals surface area contributed by atoms with Gasteiger partial charge in [-0.1, -0.05) is 19.0 Å². The summed E-state index contributed by atoms with van der Waals surface area (Å²) in [6, 6.07) is 0. The van der Waals surface area contributed by atoms with E-state index in [9.17, 15) is 0 Å². The van der Waals surface area contributed by atoms with Crippen LogP contribution in [-0.2, 0) is 11.8 Å². The molecule has 2 N–H and O–H groups in total. The first-order chi connectivity index (χ1) is 8.54. The second kappa shape index (κ2) is 4.77. The third kappa shape index (κ3) is 2.08. The van der Waals surface area contributed by atoms with Crippen LogP contribution in [0.2, 0.25) is 0 Å². The third-order valence-electron chi connectivity index (χ3n) is 2.77. The molecule has 0 saturated heterocycles. The predicted molar refractivity (Wildman–Crippen MR) is 65.5 cm³/mol. The summed E-state index contributed by atoms with van der Waals surface area (Å²) in [6.45, 7) is 4.06. The van der Waals surface area contributed by atoms with Crippen molar-refractivity contribution in [2.75, 3.05) is 12.8 Å². The first-order valence-electron chi connectivity index (χ1n) is 5.68. The van der Waals surface area contributed by atoms with Crippen LogP contribution in [0.15, 0.2) is 10.7 Å². The van der Waals surface area contributed by atoms with Crippen LogP contribution in [0.1, 0.15) is 25.8 Å². The summed E-state index contributed by atoms with van der Waals surface area (Å²) in [7, 11) is 3.38. The lowest BCUT2D eigenvalue weighted by atomic mass is 10.1. The molecule has 0 radical (unpaired) electrons. The number of rotatable bonds is 4. The third-order valence-corrected chi connectivity index (χ3v) is 2.77. The number of nitrogens with zero attached hydrogens (tertiary/aromatic N) is 4. The van der Waals surface area contributed by atoms with Gasteiger partial charge in [-0.05, 0) is 5.92 Å². The van der Waals surface area contributed by atoms with Gasteiger partial charge in [-0.2, -0.15) is 10.1 Å². The van der Waals surface area contributed by atoms with Crippen molar-refractivity contribution >= 4 is 5.82 Å². The normalized spacial score (nSPS) is 13.2. The maximum absolute atomic E-state index is 5.85. The standard InChI is InChI=1S/C11H17N5O2/c1-6(2)8(17-4)10-14-11(18-15-10)7-5-13-16(3)9(7)12/h5-6,8H,12H2,1-4H3. The number of nitrogen functional groups attached to an aromatic ring is 1. The Bertz CT molecular complexity index is 531. The minimum absolute atomic E-state index is 0.194. The number of aryl methyl sites for hydroxylation is 1. The van der Waals surface area contributed by atoms with Crippen LogP contribution in [0.3, 0.4) is 0 Å². The van der Waals surface area contributed by atoms with E-state index in [1.807, 2.05) is 13.8 Å². The Morgan fingerprint density at radius 3 is 2.67 bits per heavy atom. The lowest BCUT2D eigenvalue weighted by molar-refractivity contribution is 0.0556. The van der Waals surface area contributed by atoms with Gasteiger partial charge in [0, 0.05) is 14.2 Å². The van der Waals surface area contributed by atoms with Gasteiger partial charge in [0.05, 0.1) is 6.20 Å². The molecule has 1 atom stereocenters. The molecule has 0 amide bonds. The van der Waals surface area contributed by atoms with E-state index >= 15 is 0 Å². The van der Waals surface area contributed by atoms with Crippen molar-refractivity contribution in [1.29, 1.82) is 0 Å². The van der Waals surface area contributed by atoms with Gasteiger partial charge >= 0.3 is 0 Å². The van der Waals surface area contributed by atoms with Crippen molar-refractivity contribution in [3.8, 4) is 11.5 Å². The summed E-state index contributed by atoms with van der Waals surface area (Å²) in [5.41, 5.74) is 6.49. The smallest absolute Gasteiger partial charge is 0.263 e. The first-order valence-corrected chi connectivity index (χ1v) is 5.68. The molecule has 18 heavy (non-hydrogen) atoms. The number of hydrogen-bond acceptors (Lipinski definition) is 6. The van der Waals surface area contributed by atoms with Crippen molar-refractivity contribution < 1.29 is 9.26 Å². The zero-order valence-corrected chi connectivity index (χ0v) is 10.9. The Morgan fingerprint density at radius 2 is 2.17 bits per heavy atom. The highest BCUT2D eigenvalue weighted by molar-refractivity contribution is 5.66. The highest BCUT2D eigenvalue weighted by Crippen LogP contribution is 2.27. The van der Waals surface area contributed by atoms with Crippen LogP contribution in [0, 0.1) is 5.92 Å². The molecule has 0 fully saturated rings. The van der Waals surface area contributed by atoms with E-state index < -0.39 is 0 Å². The summed E-state index contributed by atoms with van der Waals surface area (Å²) in [5, 5.41) is 7.97. The fraction of sp³-hybridized carbons (Fsp3) is 0.545. The Labute approximate surface area is 105 Å². The summed E-state index contributed by atoms with van der Waals surface area (Å²) < 4.78 is 12.1. The van der Waals surface area contributed by atoms with Crippen LogP contribution in [-0.4, -0.2) is 27.0 Å². The Kier molecular flexibility index (Phi) is 3.33. The monoisotopic (exact) mass is 251 g/mol. The second-order valence-corrected chi connectivity index (χ2v) is 4.43. The van der Waals surface area contributed by atoms with E-state index in [1.165, 1.54) is 0 Å². The molecule has 2 rings (SSSR count). The second-order valence-electron chi connectivity index (χ2n) is 4.43. The quantitative estimate of drug-likeness (QED) is 0.882. The van der Waals surface area contributed by atoms with Crippen molar-refractivity contribution in [3.63, 3.8) is 0 Å². The molecule has 0 spiro atoms. The van der Waals surface area contributed by atoms with E-state index in [-0.39, 0.29) is 12.0 Å². The molecule has 2 heterocycles. The Morgan fingerprint density at radius 1 is 1.44 bits per heavy atom. The van der Waals surface area contributed by atoms with Crippen molar-refractivity contribution in [3.05, 3.63) is 12.0 Å². The summed E-state index contributed by atoms with van der Waals surface area (Å²) in [6.07, 6.45) is 1.41. The molecule has 0 aliphatic carbocycles.